The van der Waals surface area contributed by atoms with E-state index >= 15 is 0 Å². The minimum absolute atomic E-state index is 0.189. The lowest BCUT2D eigenvalue weighted by atomic mass is 10.1. The third-order valence-corrected chi connectivity index (χ3v) is 3.07. The van der Waals surface area contributed by atoms with Crippen LogP contribution in [0.1, 0.15) is 10.4 Å². The molecule has 2 aromatic carbocycles. The van der Waals surface area contributed by atoms with Gasteiger partial charge in [0.25, 0.3) is 5.91 Å². The molecule has 0 unspecified atom stereocenters. The molecule has 0 saturated heterocycles. The van der Waals surface area contributed by atoms with Crippen LogP contribution in [0, 0.1) is 11.6 Å². The molecule has 0 atom stereocenters. The van der Waals surface area contributed by atoms with Crippen molar-refractivity contribution >= 4 is 27.5 Å². The highest BCUT2D eigenvalue weighted by Crippen LogP contribution is 2.25. The molecule has 2 aromatic rings. The minimum Gasteiger partial charge on any atom is -0.507 e. The van der Waals surface area contributed by atoms with Crippen LogP contribution in [0.3, 0.4) is 0 Å². The number of anilines is 1. The molecule has 0 aliphatic rings. The van der Waals surface area contributed by atoms with Crippen LogP contribution in [-0.4, -0.2) is 11.0 Å². The van der Waals surface area contributed by atoms with Crippen molar-refractivity contribution in [1.82, 2.24) is 0 Å². The van der Waals surface area contributed by atoms with Gasteiger partial charge >= 0.3 is 0 Å². The van der Waals surface area contributed by atoms with Gasteiger partial charge in [-0.2, -0.15) is 0 Å². The summed E-state index contributed by atoms with van der Waals surface area (Å²) in [7, 11) is 0. The van der Waals surface area contributed by atoms with Crippen molar-refractivity contribution in [1.29, 1.82) is 0 Å². The molecule has 6 heteroatoms. The summed E-state index contributed by atoms with van der Waals surface area (Å²) in [6.07, 6.45) is 0. The largest absolute Gasteiger partial charge is 0.507 e. The normalized spacial score (nSPS) is 10.3. The quantitative estimate of drug-likeness (QED) is 0.883. The van der Waals surface area contributed by atoms with Crippen molar-refractivity contribution in [2.24, 2.45) is 0 Å². The van der Waals surface area contributed by atoms with E-state index in [-0.39, 0.29) is 17.0 Å². The average molecular weight is 328 g/mol. The zero-order valence-electron chi connectivity index (χ0n) is 9.45. The number of rotatable bonds is 2. The van der Waals surface area contributed by atoms with Crippen molar-refractivity contribution in [3.63, 3.8) is 0 Å². The van der Waals surface area contributed by atoms with Crippen molar-refractivity contribution in [3.8, 4) is 5.75 Å². The molecule has 0 fully saturated rings. The number of amides is 1. The summed E-state index contributed by atoms with van der Waals surface area (Å²) in [5.41, 5.74) is -0.0372. The molecule has 0 spiro atoms. The third-order valence-electron chi connectivity index (χ3n) is 2.38. The summed E-state index contributed by atoms with van der Waals surface area (Å²) in [5.74, 6) is -2.27. The predicted molar refractivity (Wildman–Crippen MR) is 70.1 cm³/mol. The van der Waals surface area contributed by atoms with Crippen molar-refractivity contribution < 1.29 is 18.7 Å². The zero-order chi connectivity index (χ0) is 14.0. The molecular weight excluding hydrogens is 320 g/mol. The van der Waals surface area contributed by atoms with Gasteiger partial charge in [0, 0.05) is 4.47 Å². The zero-order valence-corrected chi connectivity index (χ0v) is 11.0. The van der Waals surface area contributed by atoms with Crippen LogP contribution in [0.4, 0.5) is 14.5 Å². The van der Waals surface area contributed by atoms with Gasteiger partial charge in [-0.15, -0.1) is 0 Å². The number of benzene rings is 2. The van der Waals surface area contributed by atoms with Gasteiger partial charge in [0.15, 0.2) is 0 Å². The van der Waals surface area contributed by atoms with E-state index in [0.717, 1.165) is 24.3 Å². The van der Waals surface area contributed by atoms with Gasteiger partial charge in [-0.25, -0.2) is 8.78 Å². The lowest BCUT2D eigenvalue weighted by molar-refractivity contribution is 0.102. The maximum absolute atomic E-state index is 13.1. The number of halogens is 3. The predicted octanol–water partition coefficient (Wildman–Crippen LogP) is 3.69. The molecule has 2 N–H and O–H groups in total. The van der Waals surface area contributed by atoms with Gasteiger partial charge in [0.05, 0.1) is 11.3 Å². The molecule has 0 aliphatic heterocycles. The fourth-order valence-electron chi connectivity index (χ4n) is 1.47. The van der Waals surface area contributed by atoms with Gasteiger partial charge in [0.2, 0.25) is 0 Å². The Kier molecular flexibility index (Phi) is 3.80. The van der Waals surface area contributed by atoms with Crippen molar-refractivity contribution in [2.45, 2.75) is 0 Å². The number of phenolic OH excluding ortho intramolecular Hbond substituents is 1. The first-order chi connectivity index (χ1) is 8.97. The van der Waals surface area contributed by atoms with Crippen molar-refractivity contribution in [2.75, 3.05) is 5.32 Å². The van der Waals surface area contributed by atoms with E-state index in [9.17, 15) is 18.7 Å². The Morgan fingerprint density at radius 1 is 1.11 bits per heavy atom. The van der Waals surface area contributed by atoms with E-state index in [2.05, 4.69) is 21.2 Å². The molecule has 3 nitrogen and oxygen atoms in total. The molecule has 0 heterocycles. The summed E-state index contributed by atoms with van der Waals surface area (Å²) >= 11 is 3.15. The van der Waals surface area contributed by atoms with Crippen LogP contribution in [0.5, 0.6) is 5.75 Å². The highest BCUT2D eigenvalue weighted by Gasteiger charge is 2.14. The number of hydrogen-bond donors (Lipinski definition) is 2. The first-order valence-corrected chi connectivity index (χ1v) is 6.01. The Hall–Kier alpha value is -1.95. The van der Waals surface area contributed by atoms with E-state index in [4.69, 9.17) is 0 Å². The SMILES string of the molecule is O=C(Nc1cc(F)ccc1Br)c1cc(F)ccc1O. The Labute approximate surface area is 116 Å². The number of carbonyl (C=O) groups is 1. The van der Waals surface area contributed by atoms with Crippen LogP contribution in [0.25, 0.3) is 0 Å². The number of hydrogen-bond acceptors (Lipinski definition) is 2. The lowest BCUT2D eigenvalue weighted by Crippen LogP contribution is -2.13. The van der Waals surface area contributed by atoms with Gasteiger partial charge in [-0.1, -0.05) is 0 Å². The van der Waals surface area contributed by atoms with Crippen LogP contribution in [-0.2, 0) is 0 Å². The van der Waals surface area contributed by atoms with E-state index in [0.29, 0.717) is 4.47 Å². The van der Waals surface area contributed by atoms with Crippen LogP contribution >= 0.6 is 15.9 Å². The van der Waals surface area contributed by atoms with Gasteiger partial charge in [0.1, 0.15) is 17.4 Å². The Morgan fingerprint density at radius 2 is 1.74 bits per heavy atom. The summed E-state index contributed by atoms with van der Waals surface area (Å²) in [5, 5.41) is 11.9. The highest BCUT2D eigenvalue weighted by molar-refractivity contribution is 9.10. The summed E-state index contributed by atoms with van der Waals surface area (Å²) in [6.45, 7) is 0. The standard InChI is InChI=1S/C13H8BrF2NO2/c14-10-3-1-8(16)6-11(10)17-13(19)9-5-7(15)2-4-12(9)18/h1-6,18H,(H,17,19). The highest BCUT2D eigenvalue weighted by atomic mass is 79.9. The maximum Gasteiger partial charge on any atom is 0.259 e. The molecule has 0 saturated carbocycles. The fourth-order valence-corrected chi connectivity index (χ4v) is 1.82. The molecule has 1 amide bonds. The second kappa shape index (κ2) is 5.36. The smallest absolute Gasteiger partial charge is 0.259 e. The summed E-state index contributed by atoms with van der Waals surface area (Å²) in [4.78, 5) is 11.9. The molecule has 98 valence electrons. The summed E-state index contributed by atoms with van der Waals surface area (Å²) in [6, 6.07) is 6.76. The first-order valence-electron chi connectivity index (χ1n) is 5.22. The lowest BCUT2D eigenvalue weighted by Gasteiger charge is -2.08. The monoisotopic (exact) mass is 327 g/mol. The van der Waals surface area contributed by atoms with Gasteiger partial charge in [-0.05, 0) is 52.3 Å². The second-order valence-corrected chi connectivity index (χ2v) is 4.59. The minimum atomic E-state index is -0.733. The Morgan fingerprint density at radius 3 is 2.47 bits per heavy atom. The van der Waals surface area contributed by atoms with Crippen LogP contribution < -0.4 is 5.32 Å². The molecular formula is C13H8BrF2NO2. The van der Waals surface area contributed by atoms with Crippen LogP contribution in [0.15, 0.2) is 40.9 Å². The number of aromatic hydroxyl groups is 1. The van der Waals surface area contributed by atoms with E-state index in [1.165, 1.54) is 12.1 Å². The van der Waals surface area contributed by atoms with E-state index in [1.807, 2.05) is 0 Å². The third kappa shape index (κ3) is 3.08. The fraction of sp³-hybridized carbons (Fsp3) is 0. The Balaban J connectivity index is 2.30. The average Bonchev–Trinajstić information content (AvgIpc) is 2.36. The first kappa shape index (κ1) is 13.5. The Bertz CT molecular complexity index is 647. The summed E-state index contributed by atoms with van der Waals surface area (Å²) < 4.78 is 26.6. The second-order valence-electron chi connectivity index (χ2n) is 3.74. The van der Waals surface area contributed by atoms with Crippen molar-refractivity contribution in [3.05, 3.63) is 58.1 Å². The molecule has 0 radical (unpaired) electrons. The maximum atomic E-state index is 13.1. The number of phenols is 1. The van der Waals surface area contributed by atoms with Gasteiger partial charge < -0.3 is 10.4 Å². The molecule has 19 heavy (non-hydrogen) atoms. The molecule has 0 aromatic heterocycles. The molecule has 2 rings (SSSR count). The van der Waals surface area contributed by atoms with E-state index < -0.39 is 17.5 Å². The molecule has 0 aliphatic carbocycles. The number of nitrogens with one attached hydrogen (secondary N) is 1. The van der Waals surface area contributed by atoms with E-state index in [1.54, 1.807) is 0 Å². The number of carbonyl (C=O) groups excluding carboxylic acids is 1. The topological polar surface area (TPSA) is 49.3 Å². The van der Waals surface area contributed by atoms with Crippen LogP contribution in [0.2, 0.25) is 0 Å². The van der Waals surface area contributed by atoms with Gasteiger partial charge in [-0.3, -0.25) is 4.79 Å². The molecule has 0 bridgehead atoms.